The van der Waals surface area contributed by atoms with Crippen LogP contribution in [0.2, 0.25) is 0 Å². The third-order valence-corrected chi connectivity index (χ3v) is 1.49. The van der Waals surface area contributed by atoms with Gasteiger partial charge in [0.1, 0.15) is 0 Å². The van der Waals surface area contributed by atoms with Gasteiger partial charge in [0.05, 0.1) is 6.10 Å². The third kappa shape index (κ3) is 2.32. The summed E-state index contributed by atoms with van der Waals surface area (Å²) in [5, 5.41) is 11.8. The number of pyridine rings is 1. The molecular formula is C8H10N2O2. The molecule has 1 heterocycles. The van der Waals surface area contributed by atoms with Gasteiger partial charge < -0.3 is 10.4 Å². The van der Waals surface area contributed by atoms with Crippen molar-refractivity contribution in [2.45, 2.75) is 6.10 Å². The first-order valence-corrected chi connectivity index (χ1v) is 3.59. The van der Waals surface area contributed by atoms with Gasteiger partial charge in [0.2, 0.25) is 6.41 Å². The zero-order chi connectivity index (χ0) is 8.81. The van der Waals surface area contributed by atoms with E-state index in [1.54, 1.807) is 24.5 Å². The van der Waals surface area contributed by atoms with E-state index in [2.05, 4.69) is 10.3 Å². The Morgan fingerprint density at radius 3 is 2.83 bits per heavy atom. The summed E-state index contributed by atoms with van der Waals surface area (Å²) in [6, 6.07) is 3.41. The summed E-state index contributed by atoms with van der Waals surface area (Å²) in [7, 11) is 0. The number of aliphatic hydroxyl groups is 1. The topological polar surface area (TPSA) is 62.2 Å². The van der Waals surface area contributed by atoms with Crippen molar-refractivity contribution in [1.29, 1.82) is 0 Å². The molecule has 1 aromatic rings. The monoisotopic (exact) mass is 166 g/mol. The van der Waals surface area contributed by atoms with Crippen LogP contribution in [0.25, 0.3) is 0 Å². The maximum Gasteiger partial charge on any atom is 0.207 e. The lowest BCUT2D eigenvalue weighted by Gasteiger charge is -2.08. The molecule has 1 aromatic heterocycles. The van der Waals surface area contributed by atoms with E-state index in [0.717, 1.165) is 5.56 Å². The summed E-state index contributed by atoms with van der Waals surface area (Å²) in [5.74, 6) is 0. The van der Waals surface area contributed by atoms with E-state index in [9.17, 15) is 9.90 Å². The van der Waals surface area contributed by atoms with E-state index in [4.69, 9.17) is 0 Å². The number of rotatable bonds is 4. The molecule has 64 valence electrons. The van der Waals surface area contributed by atoms with Gasteiger partial charge in [0.15, 0.2) is 0 Å². The van der Waals surface area contributed by atoms with Crippen LogP contribution in [0.3, 0.4) is 0 Å². The van der Waals surface area contributed by atoms with Crippen LogP contribution in [0, 0.1) is 0 Å². The van der Waals surface area contributed by atoms with Crippen LogP contribution in [-0.4, -0.2) is 23.0 Å². The lowest BCUT2D eigenvalue weighted by atomic mass is 10.1. The highest BCUT2D eigenvalue weighted by molar-refractivity contribution is 5.46. The Labute approximate surface area is 70.3 Å². The first-order valence-electron chi connectivity index (χ1n) is 3.59. The van der Waals surface area contributed by atoms with Crippen molar-refractivity contribution >= 4 is 6.41 Å². The van der Waals surface area contributed by atoms with Crippen LogP contribution < -0.4 is 5.32 Å². The first kappa shape index (κ1) is 8.67. The summed E-state index contributed by atoms with van der Waals surface area (Å²) in [6.07, 6.45) is 3.10. The highest BCUT2D eigenvalue weighted by Gasteiger charge is 2.04. The molecule has 1 atom stereocenters. The molecule has 0 aliphatic heterocycles. The number of carbonyl (C=O) groups excluding carboxylic acids is 1. The van der Waals surface area contributed by atoms with Crippen molar-refractivity contribution in [3.05, 3.63) is 30.1 Å². The highest BCUT2D eigenvalue weighted by atomic mass is 16.3. The Kier molecular flexibility index (Phi) is 3.22. The minimum atomic E-state index is -0.654. The van der Waals surface area contributed by atoms with Gasteiger partial charge >= 0.3 is 0 Å². The molecule has 0 radical (unpaired) electrons. The van der Waals surface area contributed by atoms with Crippen LogP contribution >= 0.6 is 0 Å². The predicted molar refractivity (Wildman–Crippen MR) is 43.3 cm³/mol. The molecule has 0 aliphatic rings. The SMILES string of the molecule is O=CNCC(O)c1ccncc1. The van der Waals surface area contributed by atoms with Gasteiger partial charge in [-0.25, -0.2) is 0 Å². The molecule has 12 heavy (non-hydrogen) atoms. The van der Waals surface area contributed by atoms with Crippen LogP contribution in [-0.2, 0) is 4.79 Å². The number of nitrogens with one attached hydrogen (secondary N) is 1. The van der Waals surface area contributed by atoms with Gasteiger partial charge in [-0.15, -0.1) is 0 Å². The number of aliphatic hydroxyl groups excluding tert-OH is 1. The molecule has 4 nitrogen and oxygen atoms in total. The lowest BCUT2D eigenvalue weighted by Crippen LogP contribution is -2.19. The Morgan fingerprint density at radius 1 is 1.58 bits per heavy atom. The fourth-order valence-electron chi connectivity index (χ4n) is 0.863. The molecule has 0 saturated heterocycles. The van der Waals surface area contributed by atoms with Gasteiger partial charge in [0.25, 0.3) is 0 Å². The van der Waals surface area contributed by atoms with Crippen LogP contribution in [0.5, 0.6) is 0 Å². The first-order chi connectivity index (χ1) is 5.84. The number of amides is 1. The molecule has 0 aliphatic carbocycles. The molecule has 1 unspecified atom stereocenters. The fraction of sp³-hybridized carbons (Fsp3) is 0.250. The molecule has 0 fully saturated rings. The molecule has 0 spiro atoms. The minimum absolute atomic E-state index is 0.230. The van der Waals surface area contributed by atoms with E-state index in [1.807, 2.05) is 0 Å². The number of nitrogens with zero attached hydrogens (tertiary/aromatic N) is 1. The molecule has 0 bridgehead atoms. The Hall–Kier alpha value is -1.42. The van der Waals surface area contributed by atoms with Crippen LogP contribution in [0.1, 0.15) is 11.7 Å². The van der Waals surface area contributed by atoms with E-state index in [1.165, 1.54) is 0 Å². The second-order valence-electron chi connectivity index (χ2n) is 2.32. The van der Waals surface area contributed by atoms with Crippen molar-refractivity contribution in [3.63, 3.8) is 0 Å². The molecule has 0 saturated carbocycles. The molecule has 2 N–H and O–H groups in total. The number of aromatic nitrogens is 1. The molecule has 0 aromatic carbocycles. The summed E-state index contributed by atoms with van der Waals surface area (Å²) >= 11 is 0. The van der Waals surface area contributed by atoms with Gasteiger partial charge in [-0.2, -0.15) is 0 Å². The number of carbonyl (C=O) groups is 1. The maximum atomic E-state index is 9.91. The van der Waals surface area contributed by atoms with Gasteiger partial charge in [-0.1, -0.05) is 0 Å². The minimum Gasteiger partial charge on any atom is -0.387 e. The normalized spacial score (nSPS) is 12.1. The third-order valence-electron chi connectivity index (χ3n) is 1.49. The summed E-state index contributed by atoms with van der Waals surface area (Å²) in [5.41, 5.74) is 0.749. The summed E-state index contributed by atoms with van der Waals surface area (Å²) < 4.78 is 0. The molecule has 1 amide bonds. The van der Waals surface area contributed by atoms with Gasteiger partial charge in [0, 0.05) is 18.9 Å². The van der Waals surface area contributed by atoms with Crippen molar-refractivity contribution in [3.8, 4) is 0 Å². The summed E-state index contributed by atoms with van der Waals surface area (Å²) in [6.45, 7) is 0.230. The largest absolute Gasteiger partial charge is 0.387 e. The zero-order valence-electron chi connectivity index (χ0n) is 6.47. The average Bonchev–Trinajstić information content (AvgIpc) is 2.15. The quantitative estimate of drug-likeness (QED) is 0.612. The van der Waals surface area contributed by atoms with Gasteiger partial charge in [-0.3, -0.25) is 9.78 Å². The molecule has 4 heteroatoms. The van der Waals surface area contributed by atoms with Crippen molar-refractivity contribution in [2.75, 3.05) is 6.54 Å². The maximum absolute atomic E-state index is 9.91. The van der Waals surface area contributed by atoms with E-state index in [-0.39, 0.29) is 6.54 Å². The second-order valence-corrected chi connectivity index (χ2v) is 2.32. The van der Waals surface area contributed by atoms with E-state index in [0.29, 0.717) is 6.41 Å². The predicted octanol–water partition coefficient (Wildman–Crippen LogP) is -0.139. The number of hydrogen-bond donors (Lipinski definition) is 2. The Morgan fingerprint density at radius 2 is 2.25 bits per heavy atom. The molecule has 1 rings (SSSR count). The van der Waals surface area contributed by atoms with Crippen molar-refractivity contribution in [2.24, 2.45) is 0 Å². The lowest BCUT2D eigenvalue weighted by molar-refractivity contribution is -0.109. The smallest absolute Gasteiger partial charge is 0.207 e. The van der Waals surface area contributed by atoms with Crippen molar-refractivity contribution < 1.29 is 9.90 Å². The Bertz CT molecular complexity index is 238. The van der Waals surface area contributed by atoms with Crippen molar-refractivity contribution in [1.82, 2.24) is 10.3 Å². The fourth-order valence-corrected chi connectivity index (χ4v) is 0.863. The number of hydrogen-bond acceptors (Lipinski definition) is 3. The Balaban J connectivity index is 2.53. The van der Waals surface area contributed by atoms with Gasteiger partial charge in [-0.05, 0) is 17.7 Å². The van der Waals surface area contributed by atoms with Crippen LogP contribution in [0.15, 0.2) is 24.5 Å². The average molecular weight is 166 g/mol. The zero-order valence-corrected chi connectivity index (χ0v) is 6.47. The second kappa shape index (κ2) is 4.46. The van der Waals surface area contributed by atoms with Crippen LogP contribution in [0.4, 0.5) is 0 Å². The summed E-state index contributed by atoms with van der Waals surface area (Å²) in [4.78, 5) is 13.7. The van der Waals surface area contributed by atoms with E-state index >= 15 is 0 Å². The standard InChI is InChI=1S/C8H10N2O2/c11-6-10-5-8(12)7-1-3-9-4-2-7/h1-4,6,8,12H,5H2,(H,10,11). The molecular weight excluding hydrogens is 156 g/mol. The highest BCUT2D eigenvalue weighted by Crippen LogP contribution is 2.08. The van der Waals surface area contributed by atoms with E-state index < -0.39 is 6.10 Å².